The molecule has 0 saturated heterocycles. The lowest BCUT2D eigenvalue weighted by molar-refractivity contribution is 0.443. The summed E-state index contributed by atoms with van der Waals surface area (Å²) >= 11 is 0. The molecule has 5 aromatic carbocycles. The second kappa shape index (κ2) is 18.0. The van der Waals surface area contributed by atoms with Crippen LogP contribution in [0.15, 0.2) is 147 Å². The normalized spacial score (nSPS) is 13.0. The first-order valence-electron chi connectivity index (χ1n) is 22.4. The van der Waals surface area contributed by atoms with Crippen LogP contribution >= 0.6 is 0 Å². The maximum Gasteiger partial charge on any atom is 0.126 e. The van der Waals surface area contributed by atoms with Gasteiger partial charge in [0.05, 0.1) is 5.69 Å². The SMILES string of the molecule is C=C/C=C(\C=C)c1ccnc(-c2cc(-c3cccc(C)c3C=C(Cc3ccc(C(C)(C)C)cc3-c3ccccc3)c3cc(C(C)(C)C)cc(C(C)(C)C)c3O)cc(C(C)(C)C)c2)c1. The second-order valence-electron chi connectivity index (χ2n) is 21.3. The van der Waals surface area contributed by atoms with E-state index in [1.807, 2.05) is 24.4 Å². The van der Waals surface area contributed by atoms with E-state index in [1.54, 1.807) is 6.08 Å². The van der Waals surface area contributed by atoms with Crippen molar-refractivity contribution < 1.29 is 5.11 Å². The molecule has 2 nitrogen and oxygen atoms in total. The summed E-state index contributed by atoms with van der Waals surface area (Å²) in [5.41, 5.74) is 18.1. The minimum atomic E-state index is -0.286. The highest BCUT2D eigenvalue weighted by molar-refractivity contribution is 5.93. The van der Waals surface area contributed by atoms with Gasteiger partial charge in [-0.1, -0.05) is 193 Å². The zero-order valence-corrected chi connectivity index (χ0v) is 40.3. The Morgan fingerprint density at radius 3 is 1.87 bits per heavy atom. The Kier molecular flexibility index (Phi) is 13.3. The molecule has 0 aliphatic heterocycles. The molecule has 0 radical (unpaired) electrons. The number of pyridine rings is 1. The van der Waals surface area contributed by atoms with Gasteiger partial charge in [-0.2, -0.15) is 0 Å². The van der Waals surface area contributed by atoms with Crippen LogP contribution in [-0.4, -0.2) is 10.1 Å². The summed E-state index contributed by atoms with van der Waals surface area (Å²) in [7, 11) is 0. The smallest absolute Gasteiger partial charge is 0.126 e. The monoisotopic (exact) mass is 832 g/mol. The fourth-order valence-electron chi connectivity index (χ4n) is 8.24. The predicted octanol–water partition coefficient (Wildman–Crippen LogP) is 16.8. The molecule has 1 N–H and O–H groups in total. The van der Waals surface area contributed by atoms with E-state index in [9.17, 15) is 5.11 Å². The number of allylic oxidation sites excluding steroid dienone is 5. The summed E-state index contributed by atoms with van der Waals surface area (Å²) in [5.74, 6) is 0.344. The van der Waals surface area contributed by atoms with Crippen LogP contribution in [0.4, 0.5) is 0 Å². The Bertz CT molecular complexity index is 2710. The molecule has 0 saturated carbocycles. The molecule has 0 fully saturated rings. The molecule has 0 aliphatic carbocycles. The third-order valence-corrected chi connectivity index (χ3v) is 12.2. The van der Waals surface area contributed by atoms with Gasteiger partial charge >= 0.3 is 0 Å². The fraction of sp³-hybridized carbons (Fsp3) is 0.295. The minimum absolute atomic E-state index is 0.0226. The van der Waals surface area contributed by atoms with Crippen molar-refractivity contribution in [3.8, 4) is 39.3 Å². The second-order valence-corrected chi connectivity index (χ2v) is 21.3. The highest BCUT2D eigenvalue weighted by Crippen LogP contribution is 2.44. The van der Waals surface area contributed by atoms with Crippen LogP contribution in [0.25, 0.3) is 50.7 Å². The van der Waals surface area contributed by atoms with Crippen molar-refractivity contribution in [3.05, 3.63) is 197 Å². The largest absolute Gasteiger partial charge is 0.507 e. The van der Waals surface area contributed by atoms with Crippen LogP contribution in [0.3, 0.4) is 0 Å². The van der Waals surface area contributed by atoms with Gasteiger partial charge in [0.2, 0.25) is 0 Å². The lowest BCUT2D eigenvalue weighted by Gasteiger charge is -2.28. The molecular formula is C61H69NO. The summed E-state index contributed by atoms with van der Waals surface area (Å²) in [6, 6.07) is 39.9. The van der Waals surface area contributed by atoms with E-state index in [2.05, 4.69) is 212 Å². The van der Waals surface area contributed by atoms with Gasteiger partial charge in [0, 0.05) is 22.9 Å². The molecule has 0 aliphatic rings. The maximum absolute atomic E-state index is 12.6. The molecule has 0 spiro atoms. The van der Waals surface area contributed by atoms with Gasteiger partial charge in [0.15, 0.2) is 0 Å². The lowest BCUT2D eigenvalue weighted by Crippen LogP contribution is -2.17. The Morgan fingerprint density at radius 1 is 0.603 bits per heavy atom. The van der Waals surface area contributed by atoms with Crippen LogP contribution in [0.1, 0.15) is 133 Å². The van der Waals surface area contributed by atoms with E-state index in [4.69, 9.17) is 4.98 Å². The van der Waals surface area contributed by atoms with E-state index in [0.29, 0.717) is 12.2 Å². The first-order chi connectivity index (χ1) is 29.5. The van der Waals surface area contributed by atoms with E-state index in [1.165, 1.54) is 33.4 Å². The summed E-state index contributed by atoms with van der Waals surface area (Å²) in [6.45, 7) is 37.2. The molecule has 6 rings (SSSR count). The standard InChI is InChI=1S/C61H69NO/c1-16-22-41(17-2)43-29-30-62-56(36-43)47-32-45(33-49(34-47)59(7,8)9)51-26-21-23-40(3)52(51)35-46(54-38-50(60(10,11)12)39-55(57(54)63)61(13,14)15)31-44-27-28-48(58(4,5)6)37-53(44)42-24-19-18-20-25-42/h16-30,32-39,63H,1-2,31H2,3-15H3/b41-22+,46-35?. The topological polar surface area (TPSA) is 33.1 Å². The highest BCUT2D eigenvalue weighted by Gasteiger charge is 2.28. The molecule has 1 aromatic heterocycles. The molecule has 0 atom stereocenters. The molecule has 2 heteroatoms. The summed E-state index contributed by atoms with van der Waals surface area (Å²) in [4.78, 5) is 4.91. The number of aryl methyl sites for hydroxylation is 1. The number of hydrogen-bond acceptors (Lipinski definition) is 2. The van der Waals surface area contributed by atoms with E-state index < -0.39 is 0 Å². The van der Waals surface area contributed by atoms with Gasteiger partial charge in [-0.25, -0.2) is 0 Å². The average Bonchev–Trinajstić information content (AvgIpc) is 3.22. The van der Waals surface area contributed by atoms with E-state index in [-0.39, 0.29) is 21.7 Å². The Hall–Kier alpha value is -5.99. The van der Waals surface area contributed by atoms with E-state index >= 15 is 0 Å². The molecule has 0 amide bonds. The van der Waals surface area contributed by atoms with Crippen molar-refractivity contribution in [2.45, 2.75) is 118 Å². The van der Waals surface area contributed by atoms with Crippen LogP contribution in [0, 0.1) is 6.92 Å². The van der Waals surface area contributed by atoms with Gasteiger partial charge < -0.3 is 5.11 Å². The van der Waals surface area contributed by atoms with Gasteiger partial charge in [-0.15, -0.1) is 0 Å². The number of hydrogen-bond donors (Lipinski definition) is 1. The van der Waals surface area contributed by atoms with Crippen LogP contribution < -0.4 is 0 Å². The molecule has 324 valence electrons. The summed E-state index contributed by atoms with van der Waals surface area (Å²) in [5, 5.41) is 12.6. The Labute approximate surface area is 379 Å². The fourth-order valence-corrected chi connectivity index (χ4v) is 8.24. The number of nitrogens with zero attached hydrogens (tertiary/aromatic N) is 1. The van der Waals surface area contributed by atoms with Crippen LogP contribution in [0.2, 0.25) is 0 Å². The van der Waals surface area contributed by atoms with Crippen molar-refractivity contribution in [2.75, 3.05) is 0 Å². The first kappa shape index (κ1) is 46.5. The number of rotatable bonds is 10. The number of phenols is 1. The van der Waals surface area contributed by atoms with Crippen molar-refractivity contribution in [3.63, 3.8) is 0 Å². The van der Waals surface area contributed by atoms with E-state index in [0.717, 1.165) is 61.3 Å². The third-order valence-electron chi connectivity index (χ3n) is 12.2. The van der Waals surface area contributed by atoms with Gasteiger partial charge in [0.1, 0.15) is 5.75 Å². The van der Waals surface area contributed by atoms with Gasteiger partial charge in [-0.3, -0.25) is 4.98 Å². The van der Waals surface area contributed by atoms with Gasteiger partial charge in [-0.05, 0) is 144 Å². The van der Waals surface area contributed by atoms with Crippen molar-refractivity contribution in [2.24, 2.45) is 0 Å². The predicted molar refractivity (Wildman–Crippen MR) is 275 cm³/mol. The van der Waals surface area contributed by atoms with Crippen molar-refractivity contribution in [1.29, 1.82) is 0 Å². The van der Waals surface area contributed by atoms with Gasteiger partial charge in [0.25, 0.3) is 0 Å². The minimum Gasteiger partial charge on any atom is -0.507 e. The molecule has 1 heterocycles. The average molecular weight is 832 g/mol. The molecule has 0 bridgehead atoms. The molecular weight excluding hydrogens is 763 g/mol. The lowest BCUT2D eigenvalue weighted by atomic mass is 9.77. The Morgan fingerprint density at radius 2 is 1.25 bits per heavy atom. The zero-order valence-electron chi connectivity index (χ0n) is 40.3. The quantitative estimate of drug-likeness (QED) is 0.110. The summed E-state index contributed by atoms with van der Waals surface area (Å²) in [6.07, 6.45) is 10.5. The third kappa shape index (κ3) is 10.6. The van der Waals surface area contributed by atoms with Crippen molar-refractivity contribution >= 4 is 17.2 Å². The first-order valence-corrected chi connectivity index (χ1v) is 22.4. The highest BCUT2D eigenvalue weighted by atomic mass is 16.3. The zero-order chi connectivity index (χ0) is 46.1. The van der Waals surface area contributed by atoms with Crippen LogP contribution in [-0.2, 0) is 28.1 Å². The molecule has 0 unspecified atom stereocenters. The Balaban J connectivity index is 1.68. The summed E-state index contributed by atoms with van der Waals surface area (Å²) < 4.78 is 0. The molecule has 6 aromatic rings. The molecule has 63 heavy (non-hydrogen) atoms. The maximum atomic E-state index is 12.6. The van der Waals surface area contributed by atoms with Crippen molar-refractivity contribution in [1.82, 2.24) is 4.98 Å². The number of phenolic OH excluding ortho intramolecular Hbond substituents is 1. The van der Waals surface area contributed by atoms with Crippen LogP contribution in [0.5, 0.6) is 5.75 Å². The number of benzene rings is 5. The number of aromatic hydroxyl groups is 1. The number of aromatic nitrogens is 1.